The van der Waals surface area contributed by atoms with E-state index >= 15 is 0 Å². The third-order valence-corrected chi connectivity index (χ3v) is 6.15. The number of rotatable bonds is 6. The number of carbonyl (C=O) groups excluding carboxylic acids is 3. The topological polar surface area (TPSA) is 82.6 Å². The van der Waals surface area contributed by atoms with Crippen LogP contribution in [-0.4, -0.2) is 64.7 Å². The van der Waals surface area contributed by atoms with Gasteiger partial charge in [0.25, 0.3) is 0 Å². The van der Waals surface area contributed by atoms with Gasteiger partial charge in [-0.25, -0.2) is 0 Å². The van der Waals surface area contributed by atoms with Gasteiger partial charge in [-0.3, -0.25) is 19.4 Å². The zero-order valence-corrected chi connectivity index (χ0v) is 18.1. The molecule has 2 saturated heterocycles. The minimum Gasteiger partial charge on any atom is -0.344 e. The van der Waals surface area contributed by atoms with Gasteiger partial charge in [0.2, 0.25) is 17.7 Å². The number of amides is 3. The lowest BCUT2D eigenvalue weighted by molar-refractivity contribution is -0.136. The fourth-order valence-electron chi connectivity index (χ4n) is 4.52. The molecule has 0 radical (unpaired) electrons. The van der Waals surface area contributed by atoms with Crippen molar-refractivity contribution < 1.29 is 14.4 Å². The van der Waals surface area contributed by atoms with E-state index in [1.165, 1.54) is 0 Å². The summed E-state index contributed by atoms with van der Waals surface area (Å²) < 4.78 is 0. The Labute approximate surface area is 188 Å². The van der Waals surface area contributed by atoms with E-state index in [0.29, 0.717) is 45.4 Å². The summed E-state index contributed by atoms with van der Waals surface area (Å²) in [4.78, 5) is 45.9. The maximum absolute atomic E-state index is 13.4. The van der Waals surface area contributed by atoms with Crippen molar-refractivity contribution in [2.75, 3.05) is 26.2 Å². The molecule has 0 spiro atoms. The Bertz CT molecular complexity index is 1010. The van der Waals surface area contributed by atoms with Crippen LogP contribution in [0.5, 0.6) is 0 Å². The maximum atomic E-state index is 13.4. The third-order valence-electron chi connectivity index (χ3n) is 6.15. The number of pyridine rings is 1. The fourth-order valence-corrected chi connectivity index (χ4v) is 4.52. The van der Waals surface area contributed by atoms with Gasteiger partial charge in [-0.15, -0.1) is 6.58 Å². The van der Waals surface area contributed by atoms with Gasteiger partial charge >= 0.3 is 0 Å². The minimum absolute atomic E-state index is 0.0247. The molecule has 2 aliphatic rings. The van der Waals surface area contributed by atoms with E-state index in [0.717, 1.165) is 16.7 Å². The van der Waals surface area contributed by atoms with Crippen molar-refractivity contribution in [1.82, 2.24) is 20.1 Å². The highest BCUT2D eigenvalue weighted by molar-refractivity contribution is 5.91. The van der Waals surface area contributed by atoms with Gasteiger partial charge in [0.05, 0.1) is 5.92 Å². The molecule has 3 amide bonds. The number of aromatic nitrogens is 1. The molecule has 1 aromatic heterocycles. The van der Waals surface area contributed by atoms with Gasteiger partial charge in [-0.2, -0.15) is 0 Å². The lowest BCUT2D eigenvalue weighted by atomic mass is 9.91. The first kappa shape index (κ1) is 21.7. The van der Waals surface area contributed by atoms with Crippen LogP contribution >= 0.6 is 0 Å². The smallest absolute Gasteiger partial charge is 0.245 e. The first-order valence-electron chi connectivity index (χ1n) is 11.0. The van der Waals surface area contributed by atoms with Gasteiger partial charge in [-0.1, -0.05) is 36.4 Å². The van der Waals surface area contributed by atoms with Crippen LogP contribution in [0.2, 0.25) is 0 Å². The summed E-state index contributed by atoms with van der Waals surface area (Å²) in [5.74, 6) is -0.549. The average molecular weight is 433 g/mol. The van der Waals surface area contributed by atoms with E-state index in [-0.39, 0.29) is 23.6 Å². The van der Waals surface area contributed by atoms with E-state index in [1.807, 2.05) is 42.6 Å². The zero-order chi connectivity index (χ0) is 22.5. The molecule has 0 aliphatic carbocycles. The maximum Gasteiger partial charge on any atom is 0.245 e. The predicted octanol–water partition coefficient (Wildman–Crippen LogP) is 2.04. The number of nitrogens with zero attached hydrogens (tertiary/aromatic N) is 3. The molecule has 1 aromatic carbocycles. The van der Waals surface area contributed by atoms with E-state index in [4.69, 9.17) is 0 Å². The largest absolute Gasteiger partial charge is 0.344 e. The normalized spacial score (nSPS) is 21.2. The van der Waals surface area contributed by atoms with Crippen LogP contribution in [0.4, 0.5) is 0 Å². The Kier molecular flexibility index (Phi) is 6.63. The first-order chi connectivity index (χ1) is 15.6. The summed E-state index contributed by atoms with van der Waals surface area (Å²) in [5.41, 5.74) is 3.07. The molecule has 2 atom stereocenters. The highest BCUT2D eigenvalue weighted by atomic mass is 16.2. The van der Waals surface area contributed by atoms with Crippen LogP contribution in [0.3, 0.4) is 0 Å². The lowest BCUT2D eigenvalue weighted by Gasteiger charge is -2.26. The third kappa shape index (κ3) is 4.72. The predicted molar refractivity (Wildman–Crippen MR) is 121 cm³/mol. The average Bonchev–Trinajstić information content (AvgIpc) is 3.20. The Hall–Kier alpha value is -3.48. The number of hydrogen-bond acceptors (Lipinski definition) is 4. The van der Waals surface area contributed by atoms with Gasteiger partial charge in [-0.05, 0) is 30.0 Å². The lowest BCUT2D eigenvalue weighted by Crippen LogP contribution is -2.46. The summed E-state index contributed by atoms with van der Waals surface area (Å²) >= 11 is 0. The molecular formula is C25H28N4O3. The van der Waals surface area contributed by atoms with Crippen LogP contribution in [0.25, 0.3) is 11.1 Å². The number of hydrogen-bond donors (Lipinski definition) is 1. The van der Waals surface area contributed by atoms with Crippen LogP contribution < -0.4 is 5.32 Å². The molecule has 2 aromatic rings. The van der Waals surface area contributed by atoms with Gasteiger partial charge in [0.15, 0.2) is 0 Å². The van der Waals surface area contributed by atoms with Gasteiger partial charge in [0, 0.05) is 50.6 Å². The molecule has 2 fully saturated rings. The van der Waals surface area contributed by atoms with Crippen molar-refractivity contribution in [3.63, 3.8) is 0 Å². The molecule has 4 rings (SSSR count). The summed E-state index contributed by atoms with van der Waals surface area (Å²) in [7, 11) is 0. The quantitative estimate of drug-likeness (QED) is 0.709. The van der Waals surface area contributed by atoms with E-state index in [1.54, 1.807) is 22.1 Å². The van der Waals surface area contributed by atoms with Crippen molar-refractivity contribution in [2.45, 2.75) is 25.3 Å². The number of nitrogens with one attached hydrogen (secondary N) is 1. The molecule has 0 saturated carbocycles. The number of carbonyl (C=O) groups is 3. The minimum atomic E-state index is -0.494. The highest BCUT2D eigenvalue weighted by Gasteiger charge is 2.36. The Morgan fingerprint density at radius 3 is 2.75 bits per heavy atom. The molecule has 1 N–H and O–H groups in total. The van der Waals surface area contributed by atoms with E-state index in [2.05, 4.69) is 16.9 Å². The second-order valence-electron chi connectivity index (χ2n) is 8.32. The molecule has 7 heteroatoms. The molecule has 0 unspecified atom stereocenters. The van der Waals surface area contributed by atoms with Crippen molar-refractivity contribution in [2.24, 2.45) is 5.92 Å². The molecule has 2 aliphatic heterocycles. The Morgan fingerprint density at radius 1 is 1.19 bits per heavy atom. The summed E-state index contributed by atoms with van der Waals surface area (Å²) in [6.45, 7) is 5.46. The van der Waals surface area contributed by atoms with Crippen LogP contribution in [0.1, 0.15) is 18.4 Å². The van der Waals surface area contributed by atoms with Crippen molar-refractivity contribution in [1.29, 1.82) is 0 Å². The Morgan fingerprint density at radius 2 is 2.03 bits per heavy atom. The zero-order valence-electron chi connectivity index (χ0n) is 18.1. The molecule has 3 heterocycles. The first-order valence-corrected chi connectivity index (χ1v) is 11.0. The van der Waals surface area contributed by atoms with Crippen molar-refractivity contribution in [3.8, 4) is 11.1 Å². The van der Waals surface area contributed by atoms with Crippen molar-refractivity contribution in [3.05, 3.63) is 67.0 Å². The molecule has 166 valence electrons. The van der Waals surface area contributed by atoms with Crippen LogP contribution in [0, 0.1) is 5.92 Å². The monoisotopic (exact) mass is 432 g/mol. The van der Waals surface area contributed by atoms with Gasteiger partial charge in [0.1, 0.15) is 6.04 Å². The molecular weight excluding hydrogens is 404 g/mol. The molecule has 7 nitrogen and oxygen atoms in total. The standard InChI is InChI=1S/C25H28N4O3/c1-2-12-28-13-14-29(25(32)22-9-10-23(30)27-22)17-20(24(28)31)15-18-6-3-4-8-21(18)19-7-5-11-26-16-19/h2-8,11,16,20,22H,1,9-10,12-15,17H2,(H,27,30)/t20-,22-/m0/s1. The van der Waals surface area contributed by atoms with Crippen LogP contribution in [-0.2, 0) is 20.8 Å². The summed E-state index contributed by atoms with van der Waals surface area (Å²) in [6, 6.07) is 11.4. The molecule has 0 bridgehead atoms. The molecule has 32 heavy (non-hydrogen) atoms. The second kappa shape index (κ2) is 9.77. The van der Waals surface area contributed by atoms with Crippen molar-refractivity contribution >= 4 is 17.7 Å². The summed E-state index contributed by atoms with van der Waals surface area (Å²) in [6.07, 6.45) is 6.65. The van der Waals surface area contributed by atoms with E-state index < -0.39 is 6.04 Å². The second-order valence-corrected chi connectivity index (χ2v) is 8.32. The van der Waals surface area contributed by atoms with Crippen LogP contribution in [0.15, 0.2) is 61.4 Å². The van der Waals surface area contributed by atoms with Gasteiger partial charge < -0.3 is 15.1 Å². The summed E-state index contributed by atoms with van der Waals surface area (Å²) in [5, 5.41) is 2.76. The van der Waals surface area contributed by atoms with E-state index in [9.17, 15) is 14.4 Å². The number of benzene rings is 1. The SMILES string of the molecule is C=CCN1CCN(C(=O)[C@@H]2CCC(=O)N2)C[C@H](Cc2ccccc2-c2cccnc2)C1=O. The highest BCUT2D eigenvalue weighted by Crippen LogP contribution is 2.27. The Balaban J connectivity index is 1.60. The fraction of sp³-hybridized carbons (Fsp3) is 0.360.